The summed E-state index contributed by atoms with van der Waals surface area (Å²) in [6.45, 7) is 8.95. The summed E-state index contributed by atoms with van der Waals surface area (Å²) < 4.78 is 0. The Morgan fingerprint density at radius 1 is 1.21 bits per heavy atom. The average Bonchev–Trinajstić information content (AvgIpc) is 2.88. The Bertz CT molecular complexity index is 496. The van der Waals surface area contributed by atoms with Crippen molar-refractivity contribution in [2.24, 2.45) is 0 Å². The van der Waals surface area contributed by atoms with E-state index in [0.717, 1.165) is 18.7 Å². The van der Waals surface area contributed by atoms with Gasteiger partial charge in [0.1, 0.15) is 6.61 Å². The molecule has 0 aliphatic carbocycles. The molecule has 1 aliphatic heterocycles. The lowest BCUT2D eigenvalue weighted by Crippen LogP contribution is -2.23. The van der Waals surface area contributed by atoms with Gasteiger partial charge in [-0.05, 0) is 42.0 Å². The van der Waals surface area contributed by atoms with E-state index in [1.165, 1.54) is 24.1 Å². The highest BCUT2D eigenvalue weighted by Gasteiger charge is 2.23. The first-order valence-corrected chi connectivity index (χ1v) is 7.01. The standard InChI is InChI=1S/C17H23NO/c1-17(2,3)15-13-14(7-6-12-19)8-9-16(15)18-10-4-5-11-18/h8-9,13,19H,4-5,10-12H2,1-3H3. The van der Waals surface area contributed by atoms with Crippen LogP contribution in [0.1, 0.15) is 44.7 Å². The number of benzene rings is 1. The predicted octanol–water partition coefficient (Wildman–Crippen LogP) is 2.93. The fourth-order valence-electron chi connectivity index (χ4n) is 2.59. The summed E-state index contributed by atoms with van der Waals surface area (Å²) in [4.78, 5) is 2.48. The summed E-state index contributed by atoms with van der Waals surface area (Å²) in [6.07, 6.45) is 2.57. The van der Waals surface area contributed by atoms with E-state index in [0.29, 0.717) is 0 Å². The fraction of sp³-hybridized carbons (Fsp3) is 0.529. The zero-order valence-electron chi connectivity index (χ0n) is 12.2. The van der Waals surface area contributed by atoms with E-state index in [-0.39, 0.29) is 12.0 Å². The second kappa shape index (κ2) is 5.67. The summed E-state index contributed by atoms with van der Waals surface area (Å²) >= 11 is 0. The highest BCUT2D eigenvalue weighted by Crippen LogP contribution is 2.34. The summed E-state index contributed by atoms with van der Waals surface area (Å²) in [6, 6.07) is 6.43. The lowest BCUT2D eigenvalue weighted by atomic mass is 9.84. The Kier molecular flexibility index (Phi) is 4.17. The molecule has 0 saturated carbocycles. The number of rotatable bonds is 1. The molecule has 1 heterocycles. The third-order valence-electron chi connectivity index (χ3n) is 3.56. The predicted molar refractivity (Wildman–Crippen MR) is 80.6 cm³/mol. The van der Waals surface area contributed by atoms with Crippen molar-refractivity contribution < 1.29 is 5.11 Å². The van der Waals surface area contributed by atoms with Gasteiger partial charge < -0.3 is 10.0 Å². The van der Waals surface area contributed by atoms with Gasteiger partial charge in [0.2, 0.25) is 0 Å². The van der Waals surface area contributed by atoms with Crippen LogP contribution in [0.4, 0.5) is 5.69 Å². The molecular weight excluding hydrogens is 234 g/mol. The van der Waals surface area contributed by atoms with Crippen LogP contribution in [0.25, 0.3) is 0 Å². The van der Waals surface area contributed by atoms with Crippen LogP contribution in [0.3, 0.4) is 0 Å². The van der Waals surface area contributed by atoms with Gasteiger partial charge in [-0.3, -0.25) is 0 Å². The number of anilines is 1. The van der Waals surface area contributed by atoms with E-state index in [1.807, 2.05) is 0 Å². The molecule has 1 aromatic rings. The lowest BCUT2D eigenvalue weighted by Gasteiger charge is -2.28. The number of aliphatic hydroxyl groups is 1. The lowest BCUT2D eigenvalue weighted by molar-refractivity contribution is 0.350. The van der Waals surface area contributed by atoms with E-state index in [9.17, 15) is 0 Å². The SMILES string of the molecule is CC(C)(C)c1cc(C#CCO)ccc1N1CCCC1. The quantitative estimate of drug-likeness (QED) is 0.782. The van der Waals surface area contributed by atoms with E-state index >= 15 is 0 Å². The van der Waals surface area contributed by atoms with Gasteiger partial charge in [0.05, 0.1) is 0 Å². The molecular formula is C17H23NO. The molecule has 102 valence electrons. The van der Waals surface area contributed by atoms with E-state index in [1.54, 1.807) is 0 Å². The zero-order valence-corrected chi connectivity index (χ0v) is 12.2. The Balaban J connectivity index is 2.42. The van der Waals surface area contributed by atoms with Gasteiger partial charge in [-0.2, -0.15) is 0 Å². The second-order valence-corrected chi connectivity index (χ2v) is 6.14. The summed E-state index contributed by atoms with van der Waals surface area (Å²) in [5, 5.41) is 8.80. The van der Waals surface area contributed by atoms with E-state index in [4.69, 9.17) is 5.11 Å². The monoisotopic (exact) mass is 257 g/mol. The van der Waals surface area contributed by atoms with Gasteiger partial charge >= 0.3 is 0 Å². The van der Waals surface area contributed by atoms with Gasteiger partial charge in [0.25, 0.3) is 0 Å². The third-order valence-corrected chi connectivity index (χ3v) is 3.56. The minimum absolute atomic E-state index is 0.0846. The number of aliphatic hydroxyl groups excluding tert-OH is 1. The van der Waals surface area contributed by atoms with Crippen molar-refractivity contribution in [3.05, 3.63) is 29.3 Å². The highest BCUT2D eigenvalue weighted by molar-refractivity contribution is 5.60. The molecule has 1 fully saturated rings. The normalized spacial score (nSPS) is 15.3. The van der Waals surface area contributed by atoms with Crippen molar-refractivity contribution in [1.82, 2.24) is 0 Å². The first-order valence-electron chi connectivity index (χ1n) is 7.01. The summed E-state index contributed by atoms with van der Waals surface area (Å²) in [5.74, 6) is 5.73. The maximum absolute atomic E-state index is 8.80. The first-order chi connectivity index (χ1) is 9.02. The molecule has 0 aromatic heterocycles. The third kappa shape index (κ3) is 3.30. The number of hydrogen-bond acceptors (Lipinski definition) is 2. The van der Waals surface area contributed by atoms with Crippen molar-refractivity contribution in [2.75, 3.05) is 24.6 Å². The van der Waals surface area contributed by atoms with Gasteiger partial charge in [-0.25, -0.2) is 0 Å². The smallest absolute Gasteiger partial charge is 0.104 e. The summed E-state index contributed by atoms with van der Waals surface area (Å²) in [7, 11) is 0. The Hall–Kier alpha value is -1.46. The van der Waals surface area contributed by atoms with E-state index in [2.05, 4.69) is 55.7 Å². The van der Waals surface area contributed by atoms with Crippen molar-refractivity contribution >= 4 is 5.69 Å². The molecule has 0 unspecified atom stereocenters. The molecule has 0 bridgehead atoms. The van der Waals surface area contributed by atoms with Crippen molar-refractivity contribution in [3.63, 3.8) is 0 Å². The molecule has 1 N–H and O–H groups in total. The van der Waals surface area contributed by atoms with Crippen LogP contribution in [-0.2, 0) is 5.41 Å². The Morgan fingerprint density at radius 3 is 2.47 bits per heavy atom. The molecule has 0 spiro atoms. The Morgan fingerprint density at radius 2 is 1.89 bits per heavy atom. The van der Waals surface area contributed by atoms with Crippen LogP contribution in [0.5, 0.6) is 0 Å². The fourth-order valence-corrected chi connectivity index (χ4v) is 2.59. The maximum atomic E-state index is 8.80. The van der Waals surface area contributed by atoms with Crippen LogP contribution < -0.4 is 4.90 Å². The topological polar surface area (TPSA) is 23.5 Å². The molecule has 0 amide bonds. The average molecular weight is 257 g/mol. The van der Waals surface area contributed by atoms with E-state index < -0.39 is 0 Å². The molecule has 19 heavy (non-hydrogen) atoms. The second-order valence-electron chi connectivity index (χ2n) is 6.14. The van der Waals surface area contributed by atoms with Crippen LogP contribution >= 0.6 is 0 Å². The van der Waals surface area contributed by atoms with Gasteiger partial charge in [-0.15, -0.1) is 0 Å². The minimum atomic E-state index is -0.0846. The van der Waals surface area contributed by atoms with Crippen molar-refractivity contribution in [3.8, 4) is 11.8 Å². The highest BCUT2D eigenvalue weighted by atomic mass is 16.2. The molecule has 2 nitrogen and oxygen atoms in total. The van der Waals surface area contributed by atoms with Crippen LogP contribution in [0, 0.1) is 11.8 Å². The van der Waals surface area contributed by atoms with Crippen molar-refractivity contribution in [1.29, 1.82) is 0 Å². The molecule has 2 heteroatoms. The maximum Gasteiger partial charge on any atom is 0.104 e. The van der Waals surface area contributed by atoms with Crippen LogP contribution in [-0.4, -0.2) is 24.8 Å². The zero-order chi connectivity index (χ0) is 13.9. The molecule has 0 atom stereocenters. The molecule has 1 saturated heterocycles. The largest absolute Gasteiger partial charge is 0.384 e. The summed E-state index contributed by atoms with van der Waals surface area (Å²) in [5.41, 5.74) is 3.79. The van der Waals surface area contributed by atoms with Crippen LogP contribution in [0.15, 0.2) is 18.2 Å². The van der Waals surface area contributed by atoms with Crippen molar-refractivity contribution in [2.45, 2.75) is 39.0 Å². The van der Waals surface area contributed by atoms with Crippen LogP contribution in [0.2, 0.25) is 0 Å². The minimum Gasteiger partial charge on any atom is -0.384 e. The van der Waals surface area contributed by atoms with Gasteiger partial charge in [0.15, 0.2) is 0 Å². The molecule has 2 rings (SSSR count). The number of hydrogen-bond donors (Lipinski definition) is 1. The molecule has 1 aliphatic rings. The first kappa shape index (κ1) is 14.0. The molecule has 1 aromatic carbocycles. The van der Waals surface area contributed by atoms with Gasteiger partial charge in [-0.1, -0.05) is 32.6 Å². The molecule has 0 radical (unpaired) electrons. The number of nitrogens with zero attached hydrogens (tertiary/aromatic N) is 1. The van der Waals surface area contributed by atoms with Gasteiger partial charge in [0, 0.05) is 24.3 Å². The Labute approximate surface area is 116 Å².